The predicted molar refractivity (Wildman–Crippen MR) is 292 cm³/mol. The van der Waals surface area contributed by atoms with E-state index < -0.39 is 23.8 Å². The molecule has 2 N–H and O–H groups in total. The molecule has 3 aromatic carbocycles. The van der Waals surface area contributed by atoms with E-state index in [9.17, 15) is 43.8 Å². The number of aromatic hydroxyl groups is 1. The molecule has 1 atom stereocenters. The molecule has 0 heterocycles. The molecule has 400 valence electrons. The van der Waals surface area contributed by atoms with Crippen LogP contribution in [0.25, 0.3) is 0 Å². The van der Waals surface area contributed by atoms with Crippen LogP contribution >= 0.6 is 15.9 Å². The lowest BCUT2D eigenvalue weighted by Gasteiger charge is -2.26. The average Bonchev–Trinajstić information content (AvgIpc) is 3.32. The zero-order valence-corrected chi connectivity index (χ0v) is 47.6. The second-order valence-corrected chi connectivity index (χ2v) is 18.2. The van der Waals surface area contributed by atoms with E-state index in [1.807, 2.05) is 47.6 Å². The van der Waals surface area contributed by atoms with Crippen LogP contribution < -0.4 is 9.47 Å². The molecule has 1 unspecified atom stereocenters. The standard InChI is InChI=1S/C42H45BrO10.C7H12O2.C7H12O.C2H6.CH4/c1-13-27-29(44)14-17(2)33(39(27)51-12)30(45)16-28-19(4)21(6)35(37(46)36(28)43)42(50)52-31-15-18(3)32(22(7)20(31)5)41(49)53-38-25(10)23(8)34(40(47)48)24(9)26(38)11;1-4-7(8)5-6(2)9-3;1-4-6(2)5-7(3)8;1-2;/h14-15,33,46H,13,16H2,1-12H3,(H,47,48);5H,4H2,1-3H3;4H,5H2,1-3H3;1-2H3;1H4/b;6-5+;6-4+;;. The van der Waals surface area contributed by atoms with E-state index in [0.717, 1.165) is 5.57 Å². The Balaban J connectivity index is 0.00000219. The highest BCUT2D eigenvalue weighted by molar-refractivity contribution is 9.10. The number of halogens is 1. The molecule has 0 radical (unpaired) electrons. The van der Waals surface area contributed by atoms with Crippen LogP contribution in [-0.4, -0.2) is 65.5 Å². The van der Waals surface area contributed by atoms with Gasteiger partial charge in [0.2, 0.25) is 0 Å². The summed E-state index contributed by atoms with van der Waals surface area (Å²) < 4.78 is 22.3. The molecule has 0 aromatic heterocycles. The lowest BCUT2D eigenvalue weighted by Crippen LogP contribution is -2.28. The number of Topliss-reactive ketones (excluding diaryl/α,β-unsaturated/α-hetero) is 2. The molecule has 0 saturated carbocycles. The number of carboxylic acid groups (broad SMARTS) is 1. The van der Waals surface area contributed by atoms with E-state index in [1.165, 1.54) is 19.3 Å². The van der Waals surface area contributed by atoms with Crippen LogP contribution in [0.1, 0.15) is 176 Å². The van der Waals surface area contributed by atoms with Crippen LogP contribution in [0.15, 0.2) is 57.0 Å². The number of ether oxygens (including phenoxy) is 4. The van der Waals surface area contributed by atoms with Gasteiger partial charge in [-0.3, -0.25) is 19.2 Å². The van der Waals surface area contributed by atoms with Gasteiger partial charge >= 0.3 is 17.9 Å². The van der Waals surface area contributed by atoms with Crippen LogP contribution in [-0.2, 0) is 35.1 Å². The number of benzene rings is 3. The van der Waals surface area contributed by atoms with Gasteiger partial charge in [-0.2, -0.15) is 0 Å². The Morgan fingerprint density at radius 3 is 1.68 bits per heavy atom. The lowest BCUT2D eigenvalue weighted by atomic mass is 9.81. The van der Waals surface area contributed by atoms with E-state index in [4.69, 9.17) is 18.9 Å². The predicted octanol–water partition coefficient (Wildman–Crippen LogP) is 13.7. The molecular formula is C59H79BrO13. The minimum atomic E-state index is -1.06. The maximum Gasteiger partial charge on any atom is 0.347 e. The van der Waals surface area contributed by atoms with Crippen molar-refractivity contribution in [3.63, 3.8) is 0 Å². The van der Waals surface area contributed by atoms with E-state index in [2.05, 4.69) is 15.9 Å². The molecule has 0 aliphatic heterocycles. The molecule has 1 aliphatic rings. The highest BCUT2D eigenvalue weighted by Crippen LogP contribution is 2.41. The Bertz CT molecular complexity index is 2690. The Morgan fingerprint density at radius 1 is 0.740 bits per heavy atom. The molecule has 14 heteroatoms. The molecule has 0 fully saturated rings. The molecule has 0 saturated heterocycles. The van der Waals surface area contributed by atoms with E-state index in [1.54, 1.807) is 96.3 Å². The van der Waals surface area contributed by atoms with Crippen molar-refractivity contribution >= 4 is 57.0 Å². The SMILES string of the molecule is C.C/C=C(\C)CC(C)=O.CC.CCC(=O)/C=C(\C)OC.CCC1=C(OC)C(C(=O)Cc2c(C)c(C)c(C(=O)Oc3cc(C)c(C(=O)Oc4c(C)c(C)c(C(=O)O)c(C)c4C)c(C)c3C)c(O)c2Br)C(C)=CC1=O. The lowest BCUT2D eigenvalue weighted by molar-refractivity contribution is -0.121. The van der Waals surface area contributed by atoms with Crippen molar-refractivity contribution in [2.24, 2.45) is 5.92 Å². The fraction of sp³-hybridized carbons (Fsp3) is 0.441. The molecule has 73 heavy (non-hydrogen) atoms. The van der Waals surface area contributed by atoms with Gasteiger partial charge in [-0.1, -0.05) is 52.3 Å². The van der Waals surface area contributed by atoms with Crippen LogP contribution in [0, 0.1) is 68.2 Å². The van der Waals surface area contributed by atoms with E-state index >= 15 is 0 Å². The number of carbonyl (C=O) groups excluding carboxylic acids is 6. The number of esters is 2. The minimum Gasteiger partial charge on any atom is -0.506 e. The number of hydrogen-bond acceptors (Lipinski definition) is 12. The van der Waals surface area contributed by atoms with Gasteiger partial charge in [0, 0.05) is 30.9 Å². The number of carboxylic acids is 1. The number of hydrogen-bond donors (Lipinski definition) is 2. The topological polar surface area (TPSA) is 197 Å². The molecule has 4 rings (SSSR count). The van der Waals surface area contributed by atoms with Gasteiger partial charge in [0.25, 0.3) is 0 Å². The largest absolute Gasteiger partial charge is 0.506 e. The number of phenols is 1. The third-order valence-electron chi connectivity index (χ3n) is 12.7. The number of phenolic OH excluding ortho intramolecular Hbond substituents is 1. The fourth-order valence-corrected chi connectivity index (χ4v) is 8.64. The summed E-state index contributed by atoms with van der Waals surface area (Å²) in [5.74, 6) is -2.30. The van der Waals surface area contributed by atoms with Crippen LogP contribution in [0.5, 0.6) is 17.2 Å². The maximum absolute atomic E-state index is 13.8. The van der Waals surface area contributed by atoms with Crippen LogP contribution in [0.2, 0.25) is 0 Å². The number of aryl methyl sites for hydroxylation is 1. The summed E-state index contributed by atoms with van der Waals surface area (Å²) in [4.78, 5) is 86.6. The molecular weight excluding hydrogens is 997 g/mol. The van der Waals surface area contributed by atoms with Crippen molar-refractivity contribution in [3.05, 3.63) is 129 Å². The van der Waals surface area contributed by atoms with Crippen molar-refractivity contribution in [1.82, 2.24) is 0 Å². The number of methoxy groups -OCH3 is 2. The molecule has 1 aliphatic carbocycles. The molecule has 3 aromatic rings. The fourth-order valence-electron chi connectivity index (χ4n) is 8.01. The van der Waals surface area contributed by atoms with Gasteiger partial charge in [0.1, 0.15) is 34.4 Å². The zero-order valence-electron chi connectivity index (χ0n) is 46.0. The van der Waals surface area contributed by atoms with Gasteiger partial charge in [-0.15, -0.1) is 0 Å². The van der Waals surface area contributed by atoms with Gasteiger partial charge in [-0.25, -0.2) is 14.4 Å². The molecule has 0 amide bonds. The highest BCUT2D eigenvalue weighted by Gasteiger charge is 2.35. The van der Waals surface area contributed by atoms with Crippen LogP contribution in [0.3, 0.4) is 0 Å². The number of ketones is 4. The van der Waals surface area contributed by atoms with Gasteiger partial charge in [0.05, 0.1) is 41.5 Å². The number of aromatic carboxylic acids is 1. The van der Waals surface area contributed by atoms with Crippen molar-refractivity contribution < 1.29 is 62.7 Å². The first-order valence-electron chi connectivity index (χ1n) is 23.9. The van der Waals surface area contributed by atoms with Gasteiger partial charge in [0.15, 0.2) is 17.3 Å². The first kappa shape index (κ1) is 66.6. The smallest absolute Gasteiger partial charge is 0.347 e. The van der Waals surface area contributed by atoms with Crippen molar-refractivity contribution in [2.45, 2.75) is 158 Å². The summed E-state index contributed by atoms with van der Waals surface area (Å²) in [7, 11) is 2.99. The monoisotopic (exact) mass is 1070 g/mol. The van der Waals surface area contributed by atoms with Crippen LogP contribution in [0.4, 0.5) is 0 Å². The van der Waals surface area contributed by atoms with Gasteiger partial charge in [-0.05, 0) is 187 Å². The quantitative estimate of drug-likeness (QED) is 0.0480. The summed E-state index contributed by atoms with van der Waals surface area (Å²) in [5.41, 5.74) is 7.60. The number of allylic oxidation sites excluding steroid dienone is 7. The summed E-state index contributed by atoms with van der Waals surface area (Å²) in [5, 5.41) is 21.1. The Hall–Kier alpha value is -6.41. The molecule has 0 bridgehead atoms. The third-order valence-corrected chi connectivity index (χ3v) is 13.6. The average molecular weight is 1080 g/mol. The third kappa shape index (κ3) is 16.3. The van der Waals surface area contributed by atoms with E-state index in [0.29, 0.717) is 103 Å². The zero-order chi connectivity index (χ0) is 55.8. The highest BCUT2D eigenvalue weighted by atomic mass is 79.9. The number of rotatable bonds is 15. The summed E-state index contributed by atoms with van der Waals surface area (Å²) in [6, 6.07) is 1.55. The summed E-state index contributed by atoms with van der Waals surface area (Å²) >= 11 is 3.42. The Kier molecular flexibility index (Phi) is 27.3. The first-order valence-corrected chi connectivity index (χ1v) is 24.6. The molecule has 0 spiro atoms. The van der Waals surface area contributed by atoms with Gasteiger partial charge < -0.3 is 29.2 Å². The van der Waals surface area contributed by atoms with Crippen molar-refractivity contribution in [1.29, 1.82) is 0 Å². The van der Waals surface area contributed by atoms with E-state index in [-0.39, 0.29) is 69.6 Å². The van der Waals surface area contributed by atoms with Crippen molar-refractivity contribution in [3.8, 4) is 17.2 Å². The summed E-state index contributed by atoms with van der Waals surface area (Å²) in [6.07, 6.45) is 6.36. The minimum absolute atomic E-state index is 0. The normalized spacial score (nSPS) is 13.1. The number of carbonyl (C=O) groups is 7. The second kappa shape index (κ2) is 29.9. The Morgan fingerprint density at radius 2 is 1.25 bits per heavy atom. The first-order chi connectivity index (χ1) is 33.6. The Labute approximate surface area is 442 Å². The molecule has 13 nitrogen and oxygen atoms in total. The van der Waals surface area contributed by atoms with Crippen molar-refractivity contribution in [2.75, 3.05) is 14.2 Å². The maximum atomic E-state index is 13.8. The second-order valence-electron chi connectivity index (χ2n) is 17.4. The summed E-state index contributed by atoms with van der Waals surface area (Å²) in [6.45, 7) is 31.9.